The third-order valence-electron chi connectivity index (χ3n) is 5.35. The number of alkyl halides is 6. The van der Waals surface area contributed by atoms with Crippen LogP contribution in [0.2, 0.25) is 0 Å². The molecule has 0 amide bonds. The van der Waals surface area contributed by atoms with Crippen LogP contribution in [0.4, 0.5) is 32.3 Å². The van der Waals surface area contributed by atoms with E-state index in [1.165, 1.54) is 16.8 Å². The molecule has 1 fully saturated rings. The fourth-order valence-electron chi connectivity index (χ4n) is 3.44. The Morgan fingerprint density at radius 3 is 2.08 bits per heavy atom. The lowest BCUT2D eigenvalue weighted by atomic mass is 9.92. The lowest BCUT2D eigenvalue weighted by Crippen LogP contribution is -2.38. The second kappa shape index (κ2) is 13.9. The Balaban J connectivity index is 0.000000301. The topological polar surface area (TPSA) is 125 Å². The molecule has 2 aromatic rings. The van der Waals surface area contributed by atoms with E-state index >= 15 is 0 Å². The molecule has 1 aliphatic carbocycles. The fraction of sp³-hybridized carbons (Fsp3) is 0.478. The van der Waals surface area contributed by atoms with Crippen molar-refractivity contribution in [2.24, 2.45) is 0 Å². The molecule has 9 nitrogen and oxygen atoms in total. The molecule has 0 bridgehead atoms. The number of aromatic nitrogens is 2. The summed E-state index contributed by atoms with van der Waals surface area (Å²) in [6.07, 6.45) is -4.95. The molecule has 1 aliphatic heterocycles. The van der Waals surface area contributed by atoms with Crippen molar-refractivity contribution in [1.29, 1.82) is 0 Å². The van der Waals surface area contributed by atoms with E-state index in [-0.39, 0.29) is 0 Å². The predicted octanol–water partition coefficient (Wildman–Crippen LogP) is 3.23. The number of rotatable bonds is 4. The minimum Gasteiger partial charge on any atom is -0.475 e. The summed E-state index contributed by atoms with van der Waals surface area (Å²) in [5.74, 6) is -4.65. The van der Waals surface area contributed by atoms with Gasteiger partial charge in [-0.15, -0.1) is 0 Å². The maximum atomic E-state index is 10.6. The molecule has 0 spiro atoms. The van der Waals surface area contributed by atoms with Gasteiger partial charge in [0.25, 0.3) is 0 Å². The normalized spacial score (nSPS) is 17.2. The lowest BCUT2D eigenvalue weighted by molar-refractivity contribution is -0.193. The van der Waals surface area contributed by atoms with Crippen LogP contribution in [0.1, 0.15) is 23.2 Å². The summed E-state index contributed by atoms with van der Waals surface area (Å²) in [7, 11) is 0. The highest BCUT2D eigenvalue weighted by molar-refractivity contribution is 5.73. The van der Waals surface area contributed by atoms with Gasteiger partial charge in [-0.05, 0) is 30.4 Å². The molecule has 2 aliphatic rings. The minimum atomic E-state index is -5.08. The molecule has 4 rings (SSSR count). The number of nitrogens with one attached hydrogen (secondary N) is 1. The maximum Gasteiger partial charge on any atom is 0.490 e. The minimum absolute atomic E-state index is 0.510. The number of carbonyl (C=O) groups is 2. The first-order chi connectivity index (χ1) is 17.8. The van der Waals surface area contributed by atoms with Crippen LogP contribution in [-0.2, 0) is 33.7 Å². The number of anilines is 1. The highest BCUT2D eigenvalue weighted by Crippen LogP contribution is 2.22. The Hall–Kier alpha value is -3.46. The van der Waals surface area contributed by atoms with Gasteiger partial charge < -0.3 is 25.2 Å². The highest BCUT2D eigenvalue weighted by Gasteiger charge is 2.38. The van der Waals surface area contributed by atoms with E-state index in [1.807, 2.05) is 6.20 Å². The molecule has 0 radical (unpaired) electrons. The van der Waals surface area contributed by atoms with Gasteiger partial charge in [0, 0.05) is 37.6 Å². The molecule has 15 heteroatoms. The molecule has 0 saturated carbocycles. The van der Waals surface area contributed by atoms with Crippen molar-refractivity contribution in [3.63, 3.8) is 0 Å². The number of ether oxygens (including phenoxy) is 1. The van der Waals surface area contributed by atoms with Gasteiger partial charge in [-0.2, -0.15) is 26.3 Å². The zero-order chi connectivity index (χ0) is 28.3. The van der Waals surface area contributed by atoms with Gasteiger partial charge in [0.2, 0.25) is 5.95 Å². The zero-order valence-corrected chi connectivity index (χ0v) is 19.9. The summed E-state index contributed by atoms with van der Waals surface area (Å²) < 4.78 is 68.9. The van der Waals surface area contributed by atoms with E-state index in [2.05, 4.69) is 45.5 Å². The number of hydrogen-bond donors (Lipinski definition) is 3. The van der Waals surface area contributed by atoms with Gasteiger partial charge in [-0.1, -0.05) is 30.3 Å². The van der Waals surface area contributed by atoms with Crippen LogP contribution in [0, 0.1) is 0 Å². The number of halogens is 6. The average molecular weight is 552 g/mol. The van der Waals surface area contributed by atoms with Crippen molar-refractivity contribution < 1.29 is 50.9 Å². The van der Waals surface area contributed by atoms with E-state index in [4.69, 9.17) is 29.5 Å². The first-order valence-electron chi connectivity index (χ1n) is 11.3. The number of hydrogen-bond acceptors (Lipinski definition) is 7. The van der Waals surface area contributed by atoms with Gasteiger partial charge >= 0.3 is 24.3 Å². The van der Waals surface area contributed by atoms with Gasteiger partial charge in [-0.25, -0.2) is 19.6 Å². The number of aryl methyl sites for hydroxylation is 1. The second-order valence-electron chi connectivity index (χ2n) is 8.15. The van der Waals surface area contributed by atoms with Crippen molar-refractivity contribution in [3.05, 3.63) is 53.3 Å². The number of aliphatic carboxylic acids is 2. The fourth-order valence-corrected chi connectivity index (χ4v) is 3.44. The molecule has 38 heavy (non-hydrogen) atoms. The van der Waals surface area contributed by atoms with Crippen LogP contribution in [-0.4, -0.2) is 76.8 Å². The SMILES string of the molecule is O=C(O)C(F)(F)F.O=C(O)C(F)(F)F.c1ccc(CNC2CCc3nc(N4CCOCC4)ncc3C2)cc1. The Bertz CT molecular complexity index is 1020. The van der Waals surface area contributed by atoms with Crippen LogP contribution in [0.3, 0.4) is 0 Å². The number of carboxylic acid groups (broad SMARTS) is 2. The standard InChI is InChI=1S/C19H24N4O.2C2HF3O2/c1-2-4-15(5-3-1)13-20-17-6-7-18-16(12-17)14-21-19(22-18)23-8-10-24-11-9-23;2*3-2(4,5)1(6)7/h1-5,14,17,20H,6-13H2;2*(H,6,7). The van der Waals surface area contributed by atoms with E-state index in [0.29, 0.717) is 6.04 Å². The van der Waals surface area contributed by atoms with Gasteiger partial charge in [-0.3, -0.25) is 0 Å². The summed E-state index contributed by atoms with van der Waals surface area (Å²) in [5.41, 5.74) is 3.86. The monoisotopic (exact) mass is 552 g/mol. The largest absolute Gasteiger partial charge is 0.490 e. The summed E-state index contributed by atoms with van der Waals surface area (Å²) in [4.78, 5) is 29.4. The number of carboxylic acids is 2. The predicted molar refractivity (Wildman–Crippen MR) is 122 cm³/mol. The molecular formula is C23H26F6N4O5. The zero-order valence-electron chi connectivity index (χ0n) is 19.9. The Morgan fingerprint density at radius 2 is 1.55 bits per heavy atom. The Morgan fingerprint density at radius 1 is 1.00 bits per heavy atom. The molecule has 1 saturated heterocycles. The number of morpholine rings is 1. The van der Waals surface area contributed by atoms with Crippen molar-refractivity contribution >= 4 is 17.9 Å². The molecule has 1 unspecified atom stereocenters. The summed E-state index contributed by atoms with van der Waals surface area (Å²) in [6.45, 7) is 4.24. The summed E-state index contributed by atoms with van der Waals surface area (Å²) in [6, 6.07) is 11.1. The Labute approximate surface area is 213 Å². The summed E-state index contributed by atoms with van der Waals surface area (Å²) >= 11 is 0. The third-order valence-corrected chi connectivity index (χ3v) is 5.35. The van der Waals surface area contributed by atoms with E-state index in [1.54, 1.807) is 0 Å². The molecule has 2 heterocycles. The molecule has 1 atom stereocenters. The third kappa shape index (κ3) is 10.5. The van der Waals surface area contributed by atoms with Crippen LogP contribution in [0.5, 0.6) is 0 Å². The quantitative estimate of drug-likeness (QED) is 0.491. The first kappa shape index (κ1) is 30.8. The maximum absolute atomic E-state index is 10.6. The van der Waals surface area contributed by atoms with Crippen LogP contribution >= 0.6 is 0 Å². The molecule has 210 valence electrons. The van der Waals surface area contributed by atoms with E-state index < -0.39 is 24.3 Å². The number of fused-ring (bicyclic) bond motifs is 1. The molecule has 1 aromatic heterocycles. The lowest BCUT2D eigenvalue weighted by Gasteiger charge is -2.29. The first-order valence-corrected chi connectivity index (χ1v) is 11.3. The molecule has 1 aromatic carbocycles. The number of nitrogens with zero attached hydrogens (tertiary/aromatic N) is 3. The molecular weight excluding hydrogens is 526 g/mol. The van der Waals surface area contributed by atoms with E-state index in [9.17, 15) is 26.3 Å². The Kier molecular flexibility index (Phi) is 11.3. The van der Waals surface area contributed by atoms with Gasteiger partial charge in [0.1, 0.15) is 0 Å². The van der Waals surface area contributed by atoms with E-state index in [0.717, 1.165) is 58.1 Å². The van der Waals surface area contributed by atoms with Gasteiger partial charge in [0.05, 0.1) is 13.2 Å². The number of benzene rings is 1. The average Bonchev–Trinajstić information content (AvgIpc) is 2.88. The van der Waals surface area contributed by atoms with Crippen molar-refractivity contribution in [3.8, 4) is 0 Å². The second-order valence-corrected chi connectivity index (χ2v) is 8.15. The van der Waals surface area contributed by atoms with Crippen LogP contribution < -0.4 is 10.2 Å². The van der Waals surface area contributed by atoms with Crippen LogP contribution in [0.15, 0.2) is 36.5 Å². The smallest absolute Gasteiger partial charge is 0.475 e. The summed E-state index contributed by atoms with van der Waals surface area (Å²) in [5, 5.41) is 17.9. The highest BCUT2D eigenvalue weighted by atomic mass is 19.4. The molecule has 3 N–H and O–H groups in total. The van der Waals surface area contributed by atoms with Crippen molar-refractivity contribution in [2.75, 3.05) is 31.2 Å². The van der Waals surface area contributed by atoms with Crippen molar-refractivity contribution in [2.45, 2.75) is 44.2 Å². The van der Waals surface area contributed by atoms with Crippen molar-refractivity contribution in [1.82, 2.24) is 15.3 Å². The van der Waals surface area contributed by atoms with Gasteiger partial charge in [0.15, 0.2) is 0 Å². The van der Waals surface area contributed by atoms with Crippen LogP contribution in [0.25, 0.3) is 0 Å².